The quantitative estimate of drug-likeness (QED) is 0.703. The van der Waals surface area contributed by atoms with E-state index in [9.17, 15) is 14.0 Å². The standard InChI is InChI=1S/C10H10FNO3/c11-8-3-1-7(2-4-8)9(13)5-12-6-10(14)15/h1-4,12H,5-6H2,(H,14,15). The Hall–Kier alpha value is -1.75. The summed E-state index contributed by atoms with van der Waals surface area (Å²) in [6, 6.07) is 5.09. The van der Waals surface area contributed by atoms with E-state index >= 15 is 0 Å². The predicted molar refractivity (Wildman–Crippen MR) is 51.2 cm³/mol. The first-order valence-corrected chi connectivity index (χ1v) is 4.31. The number of Topliss-reactive ketones (excluding diaryl/α,β-unsaturated/α-hetero) is 1. The van der Waals surface area contributed by atoms with Gasteiger partial charge in [-0.25, -0.2) is 4.39 Å². The molecule has 0 aliphatic carbocycles. The number of hydrogen-bond donors (Lipinski definition) is 2. The van der Waals surface area contributed by atoms with Crippen LogP contribution in [0, 0.1) is 5.82 Å². The highest BCUT2D eigenvalue weighted by molar-refractivity contribution is 5.97. The number of rotatable bonds is 5. The number of hydrogen-bond acceptors (Lipinski definition) is 3. The first kappa shape index (κ1) is 11.3. The number of nitrogens with one attached hydrogen (secondary N) is 1. The highest BCUT2D eigenvalue weighted by atomic mass is 19.1. The van der Waals surface area contributed by atoms with Crippen molar-refractivity contribution in [3.05, 3.63) is 35.6 Å². The third-order valence-electron chi connectivity index (χ3n) is 1.73. The van der Waals surface area contributed by atoms with Crippen LogP contribution in [0.15, 0.2) is 24.3 Å². The van der Waals surface area contributed by atoms with Crippen LogP contribution in [0.3, 0.4) is 0 Å². The molecule has 0 bridgehead atoms. The molecule has 5 heteroatoms. The molecule has 0 fully saturated rings. The summed E-state index contributed by atoms with van der Waals surface area (Å²) in [7, 11) is 0. The van der Waals surface area contributed by atoms with E-state index in [1.54, 1.807) is 0 Å². The SMILES string of the molecule is O=C(O)CNCC(=O)c1ccc(F)cc1. The zero-order valence-corrected chi connectivity index (χ0v) is 7.87. The lowest BCUT2D eigenvalue weighted by Crippen LogP contribution is -2.28. The Kier molecular flexibility index (Phi) is 3.93. The van der Waals surface area contributed by atoms with Gasteiger partial charge in [-0.15, -0.1) is 0 Å². The van der Waals surface area contributed by atoms with Gasteiger partial charge in [0, 0.05) is 5.56 Å². The smallest absolute Gasteiger partial charge is 0.317 e. The molecule has 4 nitrogen and oxygen atoms in total. The lowest BCUT2D eigenvalue weighted by molar-refractivity contribution is -0.135. The second-order valence-electron chi connectivity index (χ2n) is 2.93. The third-order valence-corrected chi connectivity index (χ3v) is 1.73. The number of carbonyl (C=O) groups is 2. The van der Waals surface area contributed by atoms with Crippen LogP contribution in [0.4, 0.5) is 4.39 Å². The largest absolute Gasteiger partial charge is 0.480 e. The average molecular weight is 211 g/mol. The van der Waals surface area contributed by atoms with Gasteiger partial charge in [0.2, 0.25) is 0 Å². The van der Waals surface area contributed by atoms with Crippen molar-refractivity contribution in [2.75, 3.05) is 13.1 Å². The van der Waals surface area contributed by atoms with Gasteiger partial charge in [-0.1, -0.05) is 0 Å². The van der Waals surface area contributed by atoms with Gasteiger partial charge in [-0.05, 0) is 24.3 Å². The fourth-order valence-corrected chi connectivity index (χ4v) is 1.02. The number of carboxylic acid groups (broad SMARTS) is 1. The minimum atomic E-state index is -1.03. The molecule has 0 spiro atoms. The van der Waals surface area contributed by atoms with E-state index in [2.05, 4.69) is 5.32 Å². The molecule has 15 heavy (non-hydrogen) atoms. The average Bonchev–Trinajstić information content (AvgIpc) is 2.18. The van der Waals surface area contributed by atoms with Gasteiger partial charge < -0.3 is 5.11 Å². The first-order valence-electron chi connectivity index (χ1n) is 4.31. The van der Waals surface area contributed by atoms with Crippen LogP contribution in [-0.4, -0.2) is 29.9 Å². The van der Waals surface area contributed by atoms with E-state index in [1.807, 2.05) is 0 Å². The van der Waals surface area contributed by atoms with Crippen LogP contribution in [0.25, 0.3) is 0 Å². The second kappa shape index (κ2) is 5.21. The van der Waals surface area contributed by atoms with Gasteiger partial charge in [0.15, 0.2) is 5.78 Å². The van der Waals surface area contributed by atoms with Crippen molar-refractivity contribution >= 4 is 11.8 Å². The summed E-state index contributed by atoms with van der Waals surface area (Å²) in [6.45, 7) is -0.342. The molecule has 0 atom stereocenters. The summed E-state index contributed by atoms with van der Waals surface area (Å²) in [4.78, 5) is 21.5. The molecule has 0 unspecified atom stereocenters. The summed E-state index contributed by atoms with van der Waals surface area (Å²) in [5, 5.41) is 10.8. The van der Waals surface area contributed by atoms with E-state index in [-0.39, 0.29) is 18.9 Å². The molecule has 80 valence electrons. The Morgan fingerprint density at radius 3 is 2.33 bits per heavy atom. The van der Waals surface area contributed by atoms with E-state index < -0.39 is 11.8 Å². The summed E-state index contributed by atoms with van der Waals surface area (Å²) >= 11 is 0. The van der Waals surface area contributed by atoms with Crippen LogP contribution in [0.5, 0.6) is 0 Å². The Morgan fingerprint density at radius 1 is 1.20 bits per heavy atom. The Morgan fingerprint density at radius 2 is 1.80 bits per heavy atom. The molecule has 0 aliphatic rings. The zero-order chi connectivity index (χ0) is 11.3. The highest BCUT2D eigenvalue weighted by Crippen LogP contribution is 2.02. The molecular formula is C10H10FNO3. The van der Waals surface area contributed by atoms with Crippen LogP contribution >= 0.6 is 0 Å². The molecular weight excluding hydrogens is 201 g/mol. The Labute approximate surface area is 85.7 Å². The van der Waals surface area contributed by atoms with E-state index in [4.69, 9.17) is 5.11 Å². The molecule has 0 radical (unpaired) electrons. The Balaban J connectivity index is 2.47. The van der Waals surface area contributed by atoms with Crippen LogP contribution in [0.2, 0.25) is 0 Å². The van der Waals surface area contributed by atoms with Gasteiger partial charge in [0.25, 0.3) is 0 Å². The van der Waals surface area contributed by atoms with E-state index in [0.717, 1.165) is 0 Å². The minimum Gasteiger partial charge on any atom is -0.480 e. The van der Waals surface area contributed by atoms with Gasteiger partial charge in [0.1, 0.15) is 5.82 Å². The lowest BCUT2D eigenvalue weighted by Gasteiger charge is -2.01. The van der Waals surface area contributed by atoms with Gasteiger partial charge >= 0.3 is 5.97 Å². The summed E-state index contributed by atoms with van der Waals surface area (Å²) < 4.78 is 12.5. The van der Waals surface area contributed by atoms with E-state index in [1.165, 1.54) is 24.3 Å². The van der Waals surface area contributed by atoms with Crippen LogP contribution in [-0.2, 0) is 4.79 Å². The maximum Gasteiger partial charge on any atom is 0.317 e. The summed E-state index contributed by atoms with van der Waals surface area (Å²) in [6.07, 6.45) is 0. The summed E-state index contributed by atoms with van der Waals surface area (Å²) in [5.41, 5.74) is 0.356. The number of aliphatic carboxylic acids is 1. The molecule has 0 heterocycles. The van der Waals surface area contributed by atoms with Crippen molar-refractivity contribution in [2.24, 2.45) is 0 Å². The number of benzene rings is 1. The molecule has 1 rings (SSSR count). The fraction of sp³-hybridized carbons (Fsp3) is 0.200. The van der Waals surface area contributed by atoms with Crippen molar-refractivity contribution < 1.29 is 19.1 Å². The number of halogens is 1. The third kappa shape index (κ3) is 3.86. The number of ketones is 1. The molecule has 2 N–H and O–H groups in total. The van der Waals surface area contributed by atoms with Gasteiger partial charge in [-0.2, -0.15) is 0 Å². The topological polar surface area (TPSA) is 66.4 Å². The highest BCUT2D eigenvalue weighted by Gasteiger charge is 2.05. The fourth-order valence-electron chi connectivity index (χ4n) is 1.02. The molecule has 0 amide bonds. The summed E-state index contributed by atoms with van der Waals surface area (Å²) in [5.74, 6) is -1.71. The van der Waals surface area contributed by atoms with Gasteiger partial charge in [-0.3, -0.25) is 14.9 Å². The Bertz CT molecular complexity index is 361. The molecule has 1 aromatic rings. The number of carboxylic acids is 1. The molecule has 0 saturated carbocycles. The molecule has 0 aromatic heterocycles. The predicted octanol–water partition coefficient (Wildman–Crippen LogP) is 0.683. The maximum absolute atomic E-state index is 12.5. The van der Waals surface area contributed by atoms with Crippen molar-refractivity contribution in [3.63, 3.8) is 0 Å². The van der Waals surface area contributed by atoms with Crippen molar-refractivity contribution in [2.45, 2.75) is 0 Å². The van der Waals surface area contributed by atoms with Crippen molar-refractivity contribution in [3.8, 4) is 0 Å². The van der Waals surface area contributed by atoms with Crippen molar-refractivity contribution in [1.29, 1.82) is 0 Å². The molecule has 0 aliphatic heterocycles. The van der Waals surface area contributed by atoms with E-state index in [0.29, 0.717) is 5.56 Å². The maximum atomic E-state index is 12.5. The lowest BCUT2D eigenvalue weighted by atomic mass is 10.1. The van der Waals surface area contributed by atoms with Gasteiger partial charge in [0.05, 0.1) is 13.1 Å². The molecule has 1 aromatic carbocycles. The monoisotopic (exact) mass is 211 g/mol. The van der Waals surface area contributed by atoms with Crippen LogP contribution < -0.4 is 5.32 Å². The number of carbonyl (C=O) groups excluding carboxylic acids is 1. The zero-order valence-electron chi connectivity index (χ0n) is 7.87. The van der Waals surface area contributed by atoms with Crippen LogP contribution in [0.1, 0.15) is 10.4 Å². The normalized spacial score (nSPS) is 9.93. The second-order valence-corrected chi connectivity index (χ2v) is 2.93. The minimum absolute atomic E-state index is 0.0715. The molecule has 0 saturated heterocycles. The van der Waals surface area contributed by atoms with Crippen molar-refractivity contribution in [1.82, 2.24) is 5.32 Å². The first-order chi connectivity index (χ1) is 7.09.